The molecule has 0 atom stereocenters. The lowest BCUT2D eigenvalue weighted by atomic mass is 9.84. The fourth-order valence-electron chi connectivity index (χ4n) is 2.82. The Labute approximate surface area is 99.5 Å². The van der Waals surface area contributed by atoms with E-state index in [0.29, 0.717) is 11.5 Å². The van der Waals surface area contributed by atoms with Crippen molar-refractivity contribution in [1.82, 2.24) is 10.2 Å². The van der Waals surface area contributed by atoms with Crippen LogP contribution in [0.5, 0.6) is 0 Å². The van der Waals surface area contributed by atoms with Crippen LogP contribution in [0.4, 0.5) is 0 Å². The van der Waals surface area contributed by atoms with Crippen molar-refractivity contribution in [3.05, 3.63) is 0 Å². The predicted octanol–water partition coefficient (Wildman–Crippen LogP) is 1.49. The molecule has 0 radical (unpaired) electrons. The molecule has 1 N–H and O–H groups in total. The molecule has 0 saturated carbocycles. The molecule has 2 rings (SSSR count). The van der Waals surface area contributed by atoms with E-state index in [1.165, 1.54) is 38.9 Å². The smallest absolute Gasteiger partial charge is 0.0599 e. The first kappa shape index (κ1) is 12.3. The molecule has 2 aliphatic heterocycles. The SMILES string of the molecule is CC1(C)CN(CCCOC2CCNCC2)C1. The van der Waals surface area contributed by atoms with Crippen LogP contribution < -0.4 is 5.32 Å². The first-order valence-corrected chi connectivity index (χ1v) is 6.70. The zero-order chi connectivity index (χ0) is 11.4. The fraction of sp³-hybridized carbons (Fsp3) is 1.00. The van der Waals surface area contributed by atoms with Gasteiger partial charge >= 0.3 is 0 Å². The van der Waals surface area contributed by atoms with E-state index in [1.54, 1.807) is 0 Å². The Hall–Kier alpha value is -0.120. The van der Waals surface area contributed by atoms with Crippen molar-refractivity contribution in [3.63, 3.8) is 0 Å². The number of piperidine rings is 1. The summed E-state index contributed by atoms with van der Waals surface area (Å²) < 4.78 is 5.89. The summed E-state index contributed by atoms with van der Waals surface area (Å²) in [5.41, 5.74) is 0.565. The molecule has 0 amide bonds. The normalized spacial score (nSPS) is 26.6. The number of nitrogens with one attached hydrogen (secondary N) is 1. The highest BCUT2D eigenvalue weighted by atomic mass is 16.5. The van der Waals surface area contributed by atoms with E-state index in [-0.39, 0.29) is 0 Å². The molecule has 3 heteroatoms. The third-order valence-corrected chi connectivity index (χ3v) is 3.56. The topological polar surface area (TPSA) is 24.5 Å². The highest BCUT2D eigenvalue weighted by Crippen LogP contribution is 2.28. The molecule has 3 nitrogen and oxygen atoms in total. The van der Waals surface area contributed by atoms with Crippen LogP contribution in [-0.4, -0.2) is 50.3 Å². The van der Waals surface area contributed by atoms with E-state index in [4.69, 9.17) is 4.74 Å². The minimum atomic E-state index is 0.522. The molecule has 0 aromatic carbocycles. The molecule has 16 heavy (non-hydrogen) atoms. The minimum Gasteiger partial charge on any atom is -0.378 e. The second-order valence-corrected chi connectivity index (χ2v) is 6.05. The van der Waals surface area contributed by atoms with Crippen LogP contribution in [0, 0.1) is 5.41 Å². The summed E-state index contributed by atoms with van der Waals surface area (Å²) >= 11 is 0. The number of hydrogen-bond donors (Lipinski definition) is 1. The lowest BCUT2D eigenvalue weighted by Crippen LogP contribution is -2.53. The molecule has 2 heterocycles. The van der Waals surface area contributed by atoms with Crippen molar-refractivity contribution in [2.75, 3.05) is 39.3 Å². The van der Waals surface area contributed by atoms with Crippen LogP contribution >= 0.6 is 0 Å². The van der Waals surface area contributed by atoms with Gasteiger partial charge in [-0.05, 0) is 37.8 Å². The zero-order valence-corrected chi connectivity index (χ0v) is 10.8. The summed E-state index contributed by atoms with van der Waals surface area (Å²) in [6.45, 7) is 11.6. The third kappa shape index (κ3) is 3.72. The van der Waals surface area contributed by atoms with Gasteiger partial charge in [0.15, 0.2) is 0 Å². The lowest BCUT2D eigenvalue weighted by molar-refractivity contribution is 0.00198. The Balaban J connectivity index is 1.46. The number of hydrogen-bond acceptors (Lipinski definition) is 3. The average Bonchev–Trinajstić information content (AvgIpc) is 2.23. The van der Waals surface area contributed by atoms with Gasteiger partial charge in [-0.3, -0.25) is 0 Å². The van der Waals surface area contributed by atoms with E-state index in [0.717, 1.165) is 19.7 Å². The van der Waals surface area contributed by atoms with Crippen LogP contribution in [0.2, 0.25) is 0 Å². The summed E-state index contributed by atoms with van der Waals surface area (Å²) in [4.78, 5) is 2.53. The second kappa shape index (κ2) is 5.48. The quantitative estimate of drug-likeness (QED) is 0.719. The van der Waals surface area contributed by atoms with Crippen molar-refractivity contribution in [1.29, 1.82) is 0 Å². The molecule has 0 unspecified atom stereocenters. The van der Waals surface area contributed by atoms with Gasteiger partial charge < -0.3 is 15.0 Å². The first-order chi connectivity index (χ1) is 7.66. The van der Waals surface area contributed by atoms with Crippen LogP contribution in [0.1, 0.15) is 33.1 Å². The molecule has 2 aliphatic rings. The van der Waals surface area contributed by atoms with Crippen molar-refractivity contribution >= 4 is 0 Å². The van der Waals surface area contributed by atoms with Gasteiger partial charge in [-0.25, -0.2) is 0 Å². The van der Waals surface area contributed by atoms with Gasteiger partial charge in [0.2, 0.25) is 0 Å². The fourth-order valence-corrected chi connectivity index (χ4v) is 2.82. The molecule has 0 spiro atoms. The first-order valence-electron chi connectivity index (χ1n) is 6.70. The van der Waals surface area contributed by atoms with E-state index in [9.17, 15) is 0 Å². The highest BCUT2D eigenvalue weighted by molar-refractivity contribution is 4.87. The number of likely N-dealkylation sites (tertiary alicyclic amines) is 1. The van der Waals surface area contributed by atoms with Crippen LogP contribution in [0.25, 0.3) is 0 Å². The lowest BCUT2D eigenvalue weighted by Gasteiger charge is -2.46. The predicted molar refractivity (Wildman–Crippen MR) is 66.7 cm³/mol. The van der Waals surface area contributed by atoms with Crippen LogP contribution in [0.15, 0.2) is 0 Å². The van der Waals surface area contributed by atoms with E-state index >= 15 is 0 Å². The second-order valence-electron chi connectivity index (χ2n) is 6.05. The zero-order valence-electron chi connectivity index (χ0n) is 10.8. The van der Waals surface area contributed by atoms with Gasteiger partial charge in [-0.15, -0.1) is 0 Å². The number of ether oxygens (including phenoxy) is 1. The summed E-state index contributed by atoms with van der Waals surface area (Å²) in [6.07, 6.45) is 4.10. The standard InChI is InChI=1S/C13H26N2O/c1-13(2)10-15(11-13)8-3-9-16-12-4-6-14-7-5-12/h12,14H,3-11H2,1-2H3. The summed E-state index contributed by atoms with van der Waals surface area (Å²) in [5, 5.41) is 3.36. The average molecular weight is 226 g/mol. The summed E-state index contributed by atoms with van der Waals surface area (Å²) in [7, 11) is 0. The van der Waals surface area contributed by atoms with Gasteiger partial charge in [-0.2, -0.15) is 0 Å². The van der Waals surface area contributed by atoms with Gasteiger partial charge in [0, 0.05) is 26.2 Å². The maximum Gasteiger partial charge on any atom is 0.0599 e. The molecule has 0 aliphatic carbocycles. The van der Waals surface area contributed by atoms with E-state index < -0.39 is 0 Å². The van der Waals surface area contributed by atoms with Crippen molar-refractivity contribution in [2.24, 2.45) is 5.41 Å². The van der Waals surface area contributed by atoms with E-state index in [2.05, 4.69) is 24.1 Å². The van der Waals surface area contributed by atoms with Crippen LogP contribution in [0.3, 0.4) is 0 Å². The Morgan fingerprint density at radius 1 is 1.25 bits per heavy atom. The molecule has 0 aromatic rings. The molecule has 0 bridgehead atoms. The molecular formula is C13H26N2O. The largest absolute Gasteiger partial charge is 0.378 e. The summed E-state index contributed by atoms with van der Waals surface area (Å²) in [5.74, 6) is 0. The van der Waals surface area contributed by atoms with Gasteiger partial charge in [0.1, 0.15) is 0 Å². The van der Waals surface area contributed by atoms with Gasteiger partial charge in [-0.1, -0.05) is 13.8 Å². The molecule has 94 valence electrons. The van der Waals surface area contributed by atoms with Crippen LogP contribution in [-0.2, 0) is 4.74 Å². The van der Waals surface area contributed by atoms with Crippen molar-refractivity contribution in [3.8, 4) is 0 Å². The van der Waals surface area contributed by atoms with E-state index in [1.807, 2.05) is 0 Å². The van der Waals surface area contributed by atoms with Crippen molar-refractivity contribution < 1.29 is 4.74 Å². The third-order valence-electron chi connectivity index (χ3n) is 3.56. The molecule has 2 saturated heterocycles. The Morgan fingerprint density at radius 3 is 2.56 bits per heavy atom. The Morgan fingerprint density at radius 2 is 1.94 bits per heavy atom. The molecular weight excluding hydrogens is 200 g/mol. The minimum absolute atomic E-state index is 0.522. The maximum atomic E-state index is 5.89. The monoisotopic (exact) mass is 226 g/mol. The summed E-state index contributed by atoms with van der Waals surface area (Å²) in [6, 6.07) is 0. The molecule has 0 aromatic heterocycles. The van der Waals surface area contributed by atoms with Crippen molar-refractivity contribution in [2.45, 2.75) is 39.2 Å². The Bertz CT molecular complexity index is 204. The Kier molecular flexibility index (Phi) is 4.22. The molecule has 2 fully saturated rings. The number of rotatable bonds is 5. The highest BCUT2D eigenvalue weighted by Gasteiger charge is 2.33. The van der Waals surface area contributed by atoms with Gasteiger partial charge in [0.05, 0.1) is 6.10 Å². The van der Waals surface area contributed by atoms with Gasteiger partial charge in [0.25, 0.3) is 0 Å². The number of nitrogens with zero attached hydrogens (tertiary/aromatic N) is 1. The maximum absolute atomic E-state index is 5.89.